The lowest BCUT2D eigenvalue weighted by Gasteiger charge is -2.28. The Labute approximate surface area is 276 Å². The maximum Gasteiger partial charge on any atom is 0.326 e. The summed E-state index contributed by atoms with van der Waals surface area (Å²) in [7, 11) is -1.44. The van der Waals surface area contributed by atoms with Gasteiger partial charge >= 0.3 is 5.97 Å². The predicted molar refractivity (Wildman–Crippen MR) is 186 cm³/mol. The number of hydrogen-bond acceptors (Lipinski definition) is 7. The summed E-state index contributed by atoms with van der Waals surface area (Å²) >= 11 is 1.48. The van der Waals surface area contributed by atoms with Gasteiger partial charge in [0.1, 0.15) is 24.7 Å². The fourth-order valence-corrected chi connectivity index (χ4v) is 5.58. The molecule has 3 amide bonds. The third kappa shape index (κ3) is 20.5. The Hall–Kier alpha value is -2.20. The Morgan fingerprint density at radius 3 is 1.89 bits per heavy atom. The van der Waals surface area contributed by atoms with Gasteiger partial charge in [-0.15, -0.1) is 0 Å². The highest BCUT2D eigenvalue weighted by molar-refractivity contribution is 7.98. The highest BCUT2D eigenvalue weighted by atomic mass is 32.2. The van der Waals surface area contributed by atoms with Crippen LogP contribution in [0, 0.1) is 11.8 Å². The Morgan fingerprint density at radius 1 is 0.822 bits per heavy atom. The van der Waals surface area contributed by atoms with E-state index < -0.39 is 50.0 Å². The first kappa shape index (κ1) is 42.8. The summed E-state index contributed by atoms with van der Waals surface area (Å²) in [6, 6.07) is -2.98. The minimum Gasteiger partial charge on any atom is -0.480 e. The summed E-state index contributed by atoms with van der Waals surface area (Å²) in [6.07, 6.45) is 13.1. The van der Waals surface area contributed by atoms with E-state index in [1.54, 1.807) is 27.7 Å². The van der Waals surface area contributed by atoms with Gasteiger partial charge in [-0.2, -0.15) is 11.8 Å². The molecule has 12 heteroatoms. The van der Waals surface area contributed by atoms with Crippen LogP contribution in [0.1, 0.15) is 87.5 Å². The van der Waals surface area contributed by atoms with Gasteiger partial charge < -0.3 is 30.7 Å². The van der Waals surface area contributed by atoms with Gasteiger partial charge in [0.15, 0.2) is 0 Å². The number of ether oxygens (including phenoxy) is 1. The molecular formula is C33H58N3O7PS. The predicted octanol–water partition coefficient (Wildman–Crippen LogP) is 5.37. The van der Waals surface area contributed by atoms with Crippen molar-refractivity contribution >= 4 is 43.6 Å². The minimum atomic E-state index is -1.44. The normalized spacial score (nSPS) is 14.8. The number of thioether (sulfide) groups is 1. The lowest BCUT2D eigenvalue weighted by Crippen LogP contribution is -2.58. The van der Waals surface area contributed by atoms with Crippen molar-refractivity contribution in [3.8, 4) is 0 Å². The van der Waals surface area contributed by atoms with E-state index in [4.69, 9.17) is 4.74 Å². The first-order chi connectivity index (χ1) is 21.1. The van der Waals surface area contributed by atoms with Crippen LogP contribution in [0.5, 0.6) is 0 Å². The number of aliphatic carboxylic acids is 1. The zero-order valence-electron chi connectivity index (χ0n) is 28.8. The molecule has 4 unspecified atom stereocenters. The van der Waals surface area contributed by atoms with Gasteiger partial charge in [-0.05, 0) is 83.6 Å². The van der Waals surface area contributed by atoms with Gasteiger partial charge in [0.25, 0.3) is 0 Å². The van der Waals surface area contributed by atoms with Gasteiger partial charge in [0.2, 0.25) is 17.7 Å². The summed E-state index contributed by atoms with van der Waals surface area (Å²) in [6.45, 7) is 15.1. The molecule has 5 N–H and O–H groups in total. The fraction of sp³-hybridized carbons (Fsp3) is 0.697. The SMILES string of the molecule is CSCCC(NC(=O)C(NC(=O)C(NC(=O)COCP(O)C/C=C(\C)CC/C=C(\C)CCC=C(C)C)C(C)C)C(C)C)C(=O)O. The van der Waals surface area contributed by atoms with Crippen molar-refractivity contribution in [3.05, 3.63) is 34.9 Å². The number of allylic oxidation sites excluding steroid dienone is 6. The molecule has 0 spiro atoms. The van der Waals surface area contributed by atoms with E-state index >= 15 is 0 Å². The zero-order valence-corrected chi connectivity index (χ0v) is 30.5. The number of rotatable bonds is 23. The third-order valence-corrected chi connectivity index (χ3v) is 8.71. The first-order valence-electron chi connectivity index (χ1n) is 15.7. The van der Waals surface area contributed by atoms with Crippen LogP contribution >= 0.6 is 19.9 Å². The summed E-state index contributed by atoms with van der Waals surface area (Å²) in [5.74, 6) is -2.85. The Morgan fingerprint density at radius 2 is 1.36 bits per heavy atom. The maximum atomic E-state index is 13.1. The van der Waals surface area contributed by atoms with Crippen LogP contribution in [0.4, 0.5) is 0 Å². The zero-order chi connectivity index (χ0) is 34.5. The molecule has 45 heavy (non-hydrogen) atoms. The molecule has 0 aromatic rings. The van der Waals surface area contributed by atoms with E-state index in [9.17, 15) is 29.2 Å². The average molecular weight is 672 g/mol. The van der Waals surface area contributed by atoms with Gasteiger partial charge in [0.05, 0.1) is 14.5 Å². The Balaban J connectivity index is 4.83. The summed E-state index contributed by atoms with van der Waals surface area (Å²) in [5, 5.41) is 17.3. The van der Waals surface area contributed by atoms with Gasteiger partial charge in [-0.3, -0.25) is 14.4 Å². The van der Waals surface area contributed by atoms with Crippen molar-refractivity contribution in [2.45, 2.75) is 106 Å². The van der Waals surface area contributed by atoms with Crippen LogP contribution in [0.3, 0.4) is 0 Å². The standard InChI is InChI=1S/C33H58N3O7PS/c1-22(2)12-10-13-25(7)14-11-15-26(8)16-18-44(42)21-43-20-28(37)35-29(23(3)4)32(39)36-30(24(5)6)31(38)34-27(33(40)41)17-19-45-9/h12,14,16,23-24,27,29-30,42H,10-11,13,15,17-21H2,1-9H3,(H,34,38)(H,35,37)(H,36,39)(H,40,41)/b25-14+,26-16+. The fourth-order valence-electron chi connectivity index (χ4n) is 4.18. The Kier molecular flexibility index (Phi) is 22.9. The molecule has 258 valence electrons. The monoisotopic (exact) mass is 671 g/mol. The number of carbonyl (C=O) groups is 4. The second kappa shape index (κ2) is 24.0. The highest BCUT2D eigenvalue weighted by Gasteiger charge is 2.32. The molecule has 0 aliphatic heterocycles. The molecule has 0 saturated carbocycles. The molecule has 10 nitrogen and oxygen atoms in total. The number of carbonyl (C=O) groups excluding carboxylic acids is 3. The smallest absolute Gasteiger partial charge is 0.326 e. The molecular weight excluding hydrogens is 613 g/mol. The highest BCUT2D eigenvalue weighted by Crippen LogP contribution is 2.30. The van der Waals surface area contributed by atoms with Crippen LogP contribution in [-0.4, -0.2) is 82.9 Å². The molecule has 0 fully saturated rings. The molecule has 0 radical (unpaired) electrons. The van der Waals surface area contributed by atoms with E-state index in [-0.39, 0.29) is 31.2 Å². The van der Waals surface area contributed by atoms with E-state index in [1.165, 1.54) is 28.5 Å². The molecule has 0 rings (SSSR count). The van der Waals surface area contributed by atoms with Crippen LogP contribution in [0.2, 0.25) is 0 Å². The molecule has 0 aliphatic rings. The first-order valence-corrected chi connectivity index (χ1v) is 18.7. The number of nitrogens with one attached hydrogen (secondary N) is 3. The number of carboxylic acids is 1. The Bertz CT molecular complexity index is 1030. The van der Waals surface area contributed by atoms with Crippen molar-refractivity contribution in [2.75, 3.05) is 31.1 Å². The maximum absolute atomic E-state index is 13.1. The summed E-state index contributed by atoms with van der Waals surface area (Å²) < 4.78 is 5.44. The van der Waals surface area contributed by atoms with E-state index in [0.717, 1.165) is 25.7 Å². The van der Waals surface area contributed by atoms with Gasteiger partial charge in [-0.1, -0.05) is 62.6 Å². The summed E-state index contributed by atoms with van der Waals surface area (Å²) in [4.78, 5) is 60.6. The van der Waals surface area contributed by atoms with Crippen molar-refractivity contribution < 1.29 is 33.9 Å². The topological polar surface area (TPSA) is 154 Å². The van der Waals surface area contributed by atoms with Crippen molar-refractivity contribution in [2.24, 2.45) is 11.8 Å². The molecule has 0 bridgehead atoms. The lowest BCUT2D eigenvalue weighted by molar-refractivity contribution is -0.142. The number of carboxylic acid groups (broad SMARTS) is 1. The molecule has 4 atom stereocenters. The molecule has 0 aromatic carbocycles. The second-order valence-electron chi connectivity index (χ2n) is 12.3. The van der Waals surface area contributed by atoms with E-state index in [2.05, 4.69) is 48.9 Å². The molecule has 0 saturated heterocycles. The van der Waals surface area contributed by atoms with Gasteiger partial charge in [-0.25, -0.2) is 4.79 Å². The molecule has 0 heterocycles. The van der Waals surface area contributed by atoms with Crippen molar-refractivity contribution in [1.82, 2.24) is 16.0 Å². The molecule has 0 aromatic heterocycles. The number of hydrogen-bond donors (Lipinski definition) is 5. The largest absolute Gasteiger partial charge is 0.480 e. The lowest BCUT2D eigenvalue weighted by atomic mass is 9.99. The van der Waals surface area contributed by atoms with Crippen molar-refractivity contribution in [3.63, 3.8) is 0 Å². The number of amides is 3. The van der Waals surface area contributed by atoms with E-state index in [0.29, 0.717) is 11.9 Å². The van der Waals surface area contributed by atoms with E-state index in [1.807, 2.05) is 19.3 Å². The van der Waals surface area contributed by atoms with Crippen LogP contribution in [-0.2, 0) is 23.9 Å². The van der Waals surface area contributed by atoms with Crippen LogP contribution in [0.15, 0.2) is 34.9 Å². The van der Waals surface area contributed by atoms with Crippen molar-refractivity contribution in [1.29, 1.82) is 0 Å². The van der Waals surface area contributed by atoms with Crippen LogP contribution < -0.4 is 16.0 Å². The van der Waals surface area contributed by atoms with Gasteiger partial charge in [0, 0.05) is 6.16 Å². The summed E-state index contributed by atoms with van der Waals surface area (Å²) in [5.41, 5.74) is 3.91. The minimum absolute atomic E-state index is 0.0331. The second-order valence-corrected chi connectivity index (χ2v) is 14.9. The quantitative estimate of drug-likeness (QED) is 0.0718. The molecule has 0 aliphatic carbocycles. The average Bonchev–Trinajstić information content (AvgIpc) is 2.94. The van der Waals surface area contributed by atoms with Crippen LogP contribution in [0.25, 0.3) is 0 Å². The third-order valence-electron chi connectivity index (χ3n) is 6.98.